The molecule has 6 rings (SSSR count). The summed E-state index contributed by atoms with van der Waals surface area (Å²) in [7, 11) is 0. The van der Waals surface area contributed by atoms with Gasteiger partial charge in [-0.2, -0.15) is 0 Å². The molecule has 2 aliphatic rings. The number of benzene rings is 4. The Morgan fingerprint density at radius 3 is 1.59 bits per heavy atom. The summed E-state index contributed by atoms with van der Waals surface area (Å²) >= 11 is 7.39. The van der Waals surface area contributed by atoms with Gasteiger partial charge in [0.15, 0.2) is 13.2 Å². The molecule has 4 aromatic rings. The highest BCUT2D eigenvalue weighted by Crippen LogP contribution is 2.53. The highest BCUT2D eigenvalue weighted by Gasteiger charge is 2.39. The van der Waals surface area contributed by atoms with Gasteiger partial charge in [0.2, 0.25) is 6.29 Å². The molecular weight excluding hydrogens is 660 g/mol. The molecule has 0 amide bonds. The topological polar surface area (TPSA) is 89.5 Å². The molecule has 0 saturated heterocycles. The predicted molar refractivity (Wildman–Crippen MR) is 159 cm³/mol. The lowest BCUT2D eigenvalue weighted by atomic mass is 9.79. The molecule has 2 bridgehead atoms. The number of esters is 2. The first-order valence-electron chi connectivity index (χ1n) is 13.3. The first-order chi connectivity index (χ1) is 19.9. The van der Waals surface area contributed by atoms with Gasteiger partial charge in [-0.25, -0.2) is 9.59 Å². The van der Waals surface area contributed by atoms with Crippen LogP contribution in [0.25, 0.3) is 21.5 Å². The van der Waals surface area contributed by atoms with Crippen LogP contribution in [0.5, 0.6) is 23.0 Å². The number of hydrogen-bond donors (Lipinski definition) is 0. The number of halogens is 2. The maximum Gasteiger partial charge on any atom is 0.344 e. The monoisotopic (exact) mass is 684 g/mol. The Labute approximate surface area is 253 Å². The summed E-state index contributed by atoms with van der Waals surface area (Å²) in [6.45, 7) is 3.77. The summed E-state index contributed by atoms with van der Waals surface area (Å²) in [5.41, 5.74) is 2.12. The van der Waals surface area contributed by atoms with E-state index in [4.69, 9.17) is 28.4 Å². The Balaban J connectivity index is 1.41. The lowest BCUT2D eigenvalue weighted by Gasteiger charge is -2.39. The molecule has 2 aliphatic heterocycles. The molecule has 0 atom stereocenters. The molecule has 0 radical (unpaired) electrons. The fraction of sp³-hybridized carbons (Fsp3) is 0.290. The SMILES string of the molecule is CCOC(=O)COc1ccc2c3c(ccc2c1Br)OC1CC3c2c(ccc3c(Br)c(OCC(=O)OCC)ccc23)O1. The number of fused-ring (bicyclic) bond motifs is 10. The highest BCUT2D eigenvalue weighted by molar-refractivity contribution is 9.11. The van der Waals surface area contributed by atoms with Gasteiger partial charge in [0.25, 0.3) is 0 Å². The van der Waals surface area contributed by atoms with Gasteiger partial charge in [-0.3, -0.25) is 0 Å². The van der Waals surface area contributed by atoms with Crippen molar-refractivity contribution in [1.82, 2.24) is 0 Å². The molecule has 0 aromatic heterocycles. The van der Waals surface area contributed by atoms with Crippen LogP contribution in [0.15, 0.2) is 57.5 Å². The standard InChI is InChI=1S/C31H26Br2O8/c1-3-36-25(34)14-38-23-11-5-16-18(30(23)32)7-9-21-28(16)20-13-27(40-21)41-22-10-8-19-17(29(20)22)6-12-24(31(19)33)39-15-26(35)37-4-2/h5-12,20,27H,3-4,13-15H2,1-2H3. The Bertz CT molecular complexity index is 1560. The molecule has 0 saturated carbocycles. The first kappa shape index (κ1) is 27.7. The largest absolute Gasteiger partial charge is 0.481 e. The van der Waals surface area contributed by atoms with E-state index in [0.717, 1.165) is 53.1 Å². The number of rotatable bonds is 8. The van der Waals surface area contributed by atoms with E-state index in [0.29, 0.717) is 31.1 Å². The van der Waals surface area contributed by atoms with Crippen LogP contribution < -0.4 is 18.9 Å². The average Bonchev–Trinajstić information content (AvgIpc) is 2.96. The summed E-state index contributed by atoms with van der Waals surface area (Å²) in [6, 6.07) is 15.6. The minimum absolute atomic E-state index is 0.00343. The van der Waals surface area contributed by atoms with Crippen molar-refractivity contribution in [2.75, 3.05) is 26.4 Å². The van der Waals surface area contributed by atoms with Crippen LogP contribution in [0.3, 0.4) is 0 Å². The van der Waals surface area contributed by atoms with Gasteiger partial charge in [-0.05, 0) is 92.9 Å². The summed E-state index contributed by atoms with van der Waals surface area (Å²) in [5.74, 6) is 1.79. The van der Waals surface area contributed by atoms with Crippen LogP contribution in [-0.4, -0.2) is 44.7 Å². The minimum Gasteiger partial charge on any atom is -0.481 e. The van der Waals surface area contributed by atoms with Crippen molar-refractivity contribution in [1.29, 1.82) is 0 Å². The fourth-order valence-corrected chi connectivity index (χ4v) is 6.69. The van der Waals surface area contributed by atoms with E-state index < -0.39 is 18.2 Å². The average molecular weight is 686 g/mol. The maximum absolute atomic E-state index is 11.8. The van der Waals surface area contributed by atoms with Crippen molar-refractivity contribution in [3.8, 4) is 23.0 Å². The Morgan fingerprint density at radius 2 is 1.15 bits per heavy atom. The van der Waals surface area contributed by atoms with Crippen molar-refractivity contribution >= 4 is 65.3 Å². The Hall–Kier alpha value is -3.50. The van der Waals surface area contributed by atoms with Crippen LogP contribution in [0, 0.1) is 0 Å². The lowest BCUT2D eigenvalue weighted by Crippen LogP contribution is -2.35. The maximum atomic E-state index is 11.8. The molecule has 0 fully saturated rings. The molecule has 8 nitrogen and oxygen atoms in total. The molecule has 2 heterocycles. The number of hydrogen-bond acceptors (Lipinski definition) is 8. The highest BCUT2D eigenvalue weighted by atomic mass is 79.9. The smallest absolute Gasteiger partial charge is 0.344 e. The predicted octanol–water partition coefficient (Wildman–Crippen LogP) is 7.03. The minimum atomic E-state index is -0.421. The van der Waals surface area contributed by atoms with Crippen molar-refractivity contribution in [3.63, 3.8) is 0 Å². The van der Waals surface area contributed by atoms with E-state index in [1.807, 2.05) is 48.5 Å². The van der Waals surface area contributed by atoms with Crippen LogP contribution in [0.4, 0.5) is 0 Å². The summed E-state index contributed by atoms with van der Waals surface area (Å²) in [5, 5.41) is 3.91. The molecule has 0 aliphatic carbocycles. The normalized spacial score (nSPS) is 16.7. The Morgan fingerprint density at radius 1 is 0.707 bits per heavy atom. The van der Waals surface area contributed by atoms with E-state index in [9.17, 15) is 9.59 Å². The number of carbonyl (C=O) groups is 2. The summed E-state index contributed by atoms with van der Waals surface area (Å²) < 4.78 is 35.5. The van der Waals surface area contributed by atoms with E-state index in [-0.39, 0.29) is 19.1 Å². The molecule has 4 aromatic carbocycles. The zero-order valence-corrected chi connectivity index (χ0v) is 25.5. The van der Waals surface area contributed by atoms with Gasteiger partial charge >= 0.3 is 11.9 Å². The number of carbonyl (C=O) groups excluding carboxylic acids is 2. The number of ether oxygens (including phenoxy) is 6. The van der Waals surface area contributed by atoms with Crippen molar-refractivity contribution in [2.45, 2.75) is 32.5 Å². The van der Waals surface area contributed by atoms with E-state index in [1.165, 1.54) is 0 Å². The zero-order chi connectivity index (χ0) is 28.7. The van der Waals surface area contributed by atoms with Crippen molar-refractivity contribution in [3.05, 3.63) is 68.6 Å². The van der Waals surface area contributed by atoms with Gasteiger partial charge in [0.05, 0.1) is 22.2 Å². The third kappa shape index (κ3) is 5.08. The van der Waals surface area contributed by atoms with Gasteiger partial charge in [-0.1, -0.05) is 12.1 Å². The second-order valence-electron chi connectivity index (χ2n) is 9.54. The molecule has 10 heteroatoms. The molecule has 41 heavy (non-hydrogen) atoms. The summed E-state index contributed by atoms with van der Waals surface area (Å²) in [6.07, 6.45) is 0.247. The van der Waals surface area contributed by atoms with Crippen molar-refractivity contribution in [2.24, 2.45) is 0 Å². The molecule has 0 unspecified atom stereocenters. The lowest BCUT2D eigenvalue weighted by molar-refractivity contribution is -0.146. The second kappa shape index (κ2) is 11.4. The van der Waals surface area contributed by atoms with E-state index in [1.54, 1.807) is 13.8 Å². The molecular formula is C31H26Br2O8. The fourth-order valence-electron chi connectivity index (χ4n) is 5.51. The van der Waals surface area contributed by atoms with Crippen molar-refractivity contribution < 1.29 is 38.0 Å². The molecule has 0 N–H and O–H groups in total. The second-order valence-corrected chi connectivity index (χ2v) is 11.1. The van der Waals surface area contributed by atoms with Crippen LogP contribution >= 0.6 is 31.9 Å². The van der Waals surface area contributed by atoms with Gasteiger partial charge in [-0.15, -0.1) is 0 Å². The van der Waals surface area contributed by atoms with Crippen LogP contribution in [0.1, 0.15) is 37.3 Å². The van der Waals surface area contributed by atoms with Crippen LogP contribution in [0.2, 0.25) is 0 Å². The quantitative estimate of drug-likeness (QED) is 0.183. The third-order valence-corrected chi connectivity index (χ3v) is 8.78. The van der Waals surface area contributed by atoms with Gasteiger partial charge in [0.1, 0.15) is 23.0 Å². The molecule has 0 spiro atoms. The van der Waals surface area contributed by atoms with E-state index in [2.05, 4.69) is 31.9 Å². The molecule has 212 valence electrons. The first-order valence-corrected chi connectivity index (χ1v) is 14.9. The third-order valence-electron chi connectivity index (χ3n) is 7.15. The van der Waals surface area contributed by atoms with Gasteiger partial charge < -0.3 is 28.4 Å². The van der Waals surface area contributed by atoms with E-state index >= 15 is 0 Å². The van der Waals surface area contributed by atoms with Gasteiger partial charge in [0, 0.05) is 34.2 Å². The summed E-state index contributed by atoms with van der Waals surface area (Å²) in [4.78, 5) is 23.7. The zero-order valence-electron chi connectivity index (χ0n) is 22.3. The van der Waals surface area contributed by atoms with Crippen LogP contribution in [-0.2, 0) is 19.1 Å². The Kier molecular flexibility index (Phi) is 7.70.